The smallest absolute Gasteiger partial charge is 0.119 e. The minimum absolute atomic E-state index is 0.403. The number of nitrogens with two attached hydrogens (primary N) is 1. The summed E-state index contributed by atoms with van der Waals surface area (Å²) >= 11 is 0. The highest BCUT2D eigenvalue weighted by molar-refractivity contribution is 5.30. The Morgan fingerprint density at radius 2 is 2.21 bits per heavy atom. The monoisotopic (exact) mass is 193 g/mol. The van der Waals surface area contributed by atoms with E-state index in [-0.39, 0.29) is 0 Å². The van der Waals surface area contributed by atoms with Crippen molar-refractivity contribution in [2.45, 2.75) is 26.2 Å². The van der Waals surface area contributed by atoms with E-state index in [9.17, 15) is 0 Å². The zero-order valence-corrected chi connectivity index (χ0v) is 8.99. The Balaban J connectivity index is 2.68. The van der Waals surface area contributed by atoms with Crippen LogP contribution in [0.1, 0.15) is 31.7 Å². The van der Waals surface area contributed by atoms with Crippen LogP contribution in [0.3, 0.4) is 0 Å². The van der Waals surface area contributed by atoms with Gasteiger partial charge in [-0.15, -0.1) is 0 Å². The third-order valence-electron chi connectivity index (χ3n) is 2.25. The summed E-state index contributed by atoms with van der Waals surface area (Å²) in [5.74, 6) is 1.35. The first-order chi connectivity index (χ1) is 6.77. The average molecular weight is 193 g/mol. The predicted octanol–water partition coefficient (Wildman–Crippen LogP) is 2.54. The molecule has 0 aliphatic heterocycles. The van der Waals surface area contributed by atoms with Crippen molar-refractivity contribution in [1.82, 2.24) is 0 Å². The van der Waals surface area contributed by atoms with Crippen molar-refractivity contribution < 1.29 is 4.74 Å². The van der Waals surface area contributed by atoms with Crippen molar-refractivity contribution in [2.24, 2.45) is 5.73 Å². The molecule has 14 heavy (non-hydrogen) atoms. The van der Waals surface area contributed by atoms with Crippen LogP contribution in [-0.4, -0.2) is 13.2 Å². The third kappa shape index (κ3) is 3.04. The fraction of sp³-hybridized carbons (Fsp3) is 0.500. The second kappa shape index (κ2) is 5.66. The van der Waals surface area contributed by atoms with Crippen molar-refractivity contribution in [3.8, 4) is 5.75 Å². The molecular formula is C12H19NO. The maximum atomic E-state index is 5.61. The van der Waals surface area contributed by atoms with Crippen LogP contribution < -0.4 is 10.5 Å². The molecular weight excluding hydrogens is 174 g/mol. The third-order valence-corrected chi connectivity index (χ3v) is 2.25. The van der Waals surface area contributed by atoms with E-state index in [1.807, 2.05) is 12.1 Å². The van der Waals surface area contributed by atoms with Crippen molar-refractivity contribution in [1.29, 1.82) is 0 Å². The van der Waals surface area contributed by atoms with Gasteiger partial charge in [-0.1, -0.05) is 26.0 Å². The van der Waals surface area contributed by atoms with Crippen LogP contribution in [0.15, 0.2) is 24.3 Å². The summed E-state index contributed by atoms with van der Waals surface area (Å²) in [5.41, 5.74) is 6.86. The molecule has 1 rings (SSSR count). The summed E-state index contributed by atoms with van der Waals surface area (Å²) in [4.78, 5) is 0. The lowest BCUT2D eigenvalue weighted by atomic mass is 10.0. The Labute approximate surface area is 86.1 Å². The van der Waals surface area contributed by atoms with E-state index < -0.39 is 0 Å². The van der Waals surface area contributed by atoms with E-state index >= 15 is 0 Å². The zero-order chi connectivity index (χ0) is 10.4. The first-order valence-corrected chi connectivity index (χ1v) is 5.20. The van der Waals surface area contributed by atoms with Gasteiger partial charge in [0.15, 0.2) is 0 Å². The van der Waals surface area contributed by atoms with Crippen LogP contribution in [0, 0.1) is 0 Å². The lowest BCUT2D eigenvalue weighted by molar-refractivity contribution is 0.317. The average Bonchev–Trinajstić information content (AvgIpc) is 2.25. The van der Waals surface area contributed by atoms with E-state index in [1.165, 1.54) is 5.56 Å². The lowest BCUT2D eigenvalue weighted by Gasteiger charge is -2.11. The molecule has 0 fully saturated rings. The molecule has 0 aliphatic carbocycles. The van der Waals surface area contributed by atoms with Gasteiger partial charge in [-0.25, -0.2) is 0 Å². The van der Waals surface area contributed by atoms with Gasteiger partial charge in [-0.2, -0.15) is 0 Å². The highest BCUT2D eigenvalue weighted by Crippen LogP contribution is 2.19. The Hall–Kier alpha value is -1.02. The molecule has 1 unspecified atom stereocenters. The van der Waals surface area contributed by atoms with Gasteiger partial charge in [0.1, 0.15) is 5.75 Å². The molecule has 1 aromatic carbocycles. The van der Waals surface area contributed by atoms with E-state index in [0.717, 1.165) is 18.8 Å². The van der Waals surface area contributed by atoms with Gasteiger partial charge < -0.3 is 10.5 Å². The summed E-state index contributed by atoms with van der Waals surface area (Å²) in [6, 6.07) is 8.18. The molecule has 1 atom stereocenters. The summed E-state index contributed by atoms with van der Waals surface area (Å²) < 4.78 is 5.55. The molecule has 0 saturated heterocycles. The fourth-order valence-corrected chi connectivity index (χ4v) is 1.27. The molecule has 2 nitrogen and oxygen atoms in total. The molecule has 0 saturated carbocycles. The van der Waals surface area contributed by atoms with Gasteiger partial charge >= 0.3 is 0 Å². The van der Waals surface area contributed by atoms with E-state index in [0.29, 0.717) is 12.5 Å². The van der Waals surface area contributed by atoms with E-state index in [4.69, 9.17) is 10.5 Å². The summed E-state index contributed by atoms with van der Waals surface area (Å²) in [5, 5.41) is 0. The van der Waals surface area contributed by atoms with Crippen LogP contribution in [0.5, 0.6) is 5.75 Å². The van der Waals surface area contributed by atoms with Crippen LogP contribution in [-0.2, 0) is 0 Å². The molecule has 0 aromatic heterocycles. The van der Waals surface area contributed by atoms with Crippen molar-refractivity contribution in [3.63, 3.8) is 0 Å². The predicted molar refractivity (Wildman–Crippen MR) is 59.7 cm³/mol. The number of ether oxygens (including phenoxy) is 1. The molecule has 0 spiro atoms. The quantitative estimate of drug-likeness (QED) is 0.780. The maximum Gasteiger partial charge on any atom is 0.119 e. The molecule has 0 aliphatic rings. The first kappa shape index (κ1) is 11.1. The molecule has 1 aromatic rings. The van der Waals surface area contributed by atoms with Gasteiger partial charge in [0, 0.05) is 0 Å². The maximum absolute atomic E-state index is 5.61. The van der Waals surface area contributed by atoms with Gasteiger partial charge in [0.05, 0.1) is 6.61 Å². The number of hydrogen-bond acceptors (Lipinski definition) is 2. The second-order valence-electron chi connectivity index (χ2n) is 3.56. The normalized spacial score (nSPS) is 12.5. The van der Waals surface area contributed by atoms with Crippen LogP contribution >= 0.6 is 0 Å². The Bertz CT molecular complexity index is 273. The molecule has 78 valence electrons. The topological polar surface area (TPSA) is 35.2 Å². The standard InChI is InChI=1S/C12H19NO/c1-3-7-14-12-6-4-5-11(8-12)10(2)9-13/h4-6,8,10H,3,7,9,13H2,1-2H3. The summed E-state index contributed by atoms with van der Waals surface area (Å²) in [6.45, 7) is 5.68. The van der Waals surface area contributed by atoms with Gasteiger partial charge in [-0.3, -0.25) is 0 Å². The van der Waals surface area contributed by atoms with Gasteiger partial charge in [-0.05, 0) is 36.6 Å². The minimum Gasteiger partial charge on any atom is -0.494 e. The SMILES string of the molecule is CCCOc1cccc(C(C)CN)c1. The van der Waals surface area contributed by atoms with Crippen molar-refractivity contribution in [3.05, 3.63) is 29.8 Å². The van der Waals surface area contributed by atoms with Crippen molar-refractivity contribution in [2.75, 3.05) is 13.2 Å². The van der Waals surface area contributed by atoms with E-state index in [1.54, 1.807) is 0 Å². The fourth-order valence-electron chi connectivity index (χ4n) is 1.27. The Kier molecular flexibility index (Phi) is 4.47. The van der Waals surface area contributed by atoms with Gasteiger partial charge in [0.2, 0.25) is 0 Å². The highest BCUT2D eigenvalue weighted by atomic mass is 16.5. The summed E-state index contributed by atoms with van der Waals surface area (Å²) in [7, 11) is 0. The Morgan fingerprint density at radius 1 is 1.43 bits per heavy atom. The lowest BCUT2D eigenvalue weighted by Crippen LogP contribution is -2.08. The van der Waals surface area contributed by atoms with Crippen molar-refractivity contribution >= 4 is 0 Å². The molecule has 0 heterocycles. The number of benzene rings is 1. The molecule has 0 bridgehead atoms. The largest absolute Gasteiger partial charge is 0.494 e. The first-order valence-electron chi connectivity index (χ1n) is 5.20. The second-order valence-corrected chi connectivity index (χ2v) is 3.56. The van der Waals surface area contributed by atoms with Crippen LogP contribution in [0.4, 0.5) is 0 Å². The highest BCUT2D eigenvalue weighted by Gasteiger charge is 2.03. The number of rotatable bonds is 5. The minimum atomic E-state index is 0.403. The molecule has 2 heteroatoms. The van der Waals surface area contributed by atoms with E-state index in [2.05, 4.69) is 26.0 Å². The number of hydrogen-bond donors (Lipinski definition) is 1. The molecule has 0 amide bonds. The molecule has 2 N–H and O–H groups in total. The van der Waals surface area contributed by atoms with Crippen LogP contribution in [0.25, 0.3) is 0 Å². The Morgan fingerprint density at radius 3 is 2.86 bits per heavy atom. The summed E-state index contributed by atoms with van der Waals surface area (Å²) in [6.07, 6.45) is 1.04. The van der Waals surface area contributed by atoms with Crippen LogP contribution in [0.2, 0.25) is 0 Å². The van der Waals surface area contributed by atoms with Gasteiger partial charge in [0.25, 0.3) is 0 Å². The zero-order valence-electron chi connectivity index (χ0n) is 8.99. The molecule has 0 radical (unpaired) electrons.